The van der Waals surface area contributed by atoms with E-state index in [0.29, 0.717) is 5.92 Å². The van der Waals surface area contributed by atoms with Crippen LogP contribution in [0.15, 0.2) is 54.6 Å². The lowest BCUT2D eigenvalue weighted by atomic mass is 9.93. The van der Waals surface area contributed by atoms with Crippen molar-refractivity contribution in [3.05, 3.63) is 76.9 Å². The Morgan fingerprint density at radius 3 is 2.37 bits per heavy atom. The molecule has 0 aliphatic heterocycles. The van der Waals surface area contributed by atoms with Gasteiger partial charge in [0, 0.05) is 34.9 Å². The molecule has 0 saturated heterocycles. The minimum absolute atomic E-state index is 0.476. The second-order valence-corrected chi connectivity index (χ2v) is 5.41. The molecule has 1 aliphatic rings. The van der Waals surface area contributed by atoms with Crippen LogP contribution in [0, 0.1) is 6.92 Å². The maximum atomic E-state index is 2.31. The minimum Gasteiger partial charge on any atom is -0.0622 e. The molecule has 0 heterocycles. The number of hydrogen-bond acceptors (Lipinski definition) is 0. The summed E-state index contributed by atoms with van der Waals surface area (Å²) >= 11 is 0. The highest BCUT2D eigenvalue weighted by Crippen LogP contribution is 2.45. The quantitative estimate of drug-likeness (QED) is 0.598. The fraction of sp³-hybridized carbons (Fsp3) is 0.211. The average molecular weight is 247 g/mol. The normalized spacial score (nSPS) is 17.5. The maximum absolute atomic E-state index is 2.31. The lowest BCUT2D eigenvalue weighted by Gasteiger charge is -2.06. The summed E-state index contributed by atoms with van der Waals surface area (Å²) in [6.45, 7) is 6.71. The topological polar surface area (TPSA) is 0 Å². The van der Waals surface area contributed by atoms with Gasteiger partial charge in [-0.15, -0.1) is 0 Å². The van der Waals surface area contributed by atoms with Crippen LogP contribution in [-0.4, -0.2) is 0 Å². The van der Waals surface area contributed by atoms with Crippen molar-refractivity contribution < 1.29 is 0 Å². The first-order valence-corrected chi connectivity index (χ1v) is 6.89. The highest BCUT2D eigenvalue weighted by Gasteiger charge is 2.32. The third kappa shape index (κ3) is 1.98. The Bertz CT molecular complexity index is 654. The average Bonchev–Trinajstić information content (AvgIpc) is 2.55. The predicted molar refractivity (Wildman–Crippen MR) is 82.9 cm³/mol. The molecule has 2 aromatic rings. The largest absolute Gasteiger partial charge is 0.0692 e. The van der Waals surface area contributed by atoms with Crippen LogP contribution in [0.25, 0.3) is 11.1 Å². The van der Waals surface area contributed by atoms with Gasteiger partial charge in [-0.3, -0.25) is 0 Å². The summed E-state index contributed by atoms with van der Waals surface area (Å²) in [5.74, 6) is 0.476. The summed E-state index contributed by atoms with van der Waals surface area (Å²) in [6.07, 6.45) is 0. The van der Waals surface area contributed by atoms with Gasteiger partial charge in [0.15, 0.2) is 0 Å². The molecule has 3 rings (SSSR count). The molecule has 0 nitrogen and oxygen atoms in total. The summed E-state index contributed by atoms with van der Waals surface area (Å²) in [6, 6.07) is 19.7. The van der Waals surface area contributed by atoms with Crippen molar-refractivity contribution in [1.82, 2.24) is 0 Å². The fourth-order valence-corrected chi connectivity index (χ4v) is 3.11. The Hall–Kier alpha value is -1.95. The van der Waals surface area contributed by atoms with E-state index in [1.165, 1.54) is 33.4 Å². The van der Waals surface area contributed by atoms with E-state index in [-0.39, 0.29) is 0 Å². The summed E-state index contributed by atoms with van der Waals surface area (Å²) < 4.78 is 0. The molecule has 0 saturated carbocycles. The van der Waals surface area contributed by atoms with Crippen LogP contribution in [0.5, 0.6) is 0 Å². The lowest BCUT2D eigenvalue weighted by Crippen LogP contribution is -1.92. The molecule has 0 N–H and O–H groups in total. The van der Waals surface area contributed by atoms with E-state index in [4.69, 9.17) is 0 Å². The van der Waals surface area contributed by atoms with E-state index in [9.17, 15) is 0 Å². The summed E-state index contributed by atoms with van der Waals surface area (Å²) in [5.41, 5.74) is 8.41. The van der Waals surface area contributed by atoms with E-state index < -0.39 is 0 Å². The van der Waals surface area contributed by atoms with E-state index >= 15 is 0 Å². The van der Waals surface area contributed by atoms with Gasteiger partial charge in [-0.2, -0.15) is 0 Å². The van der Waals surface area contributed by atoms with Crippen LogP contribution < -0.4 is 0 Å². The van der Waals surface area contributed by atoms with Gasteiger partial charge in [0.2, 0.25) is 0 Å². The molecule has 94 valence electrons. The summed E-state index contributed by atoms with van der Waals surface area (Å²) in [4.78, 5) is 0. The van der Waals surface area contributed by atoms with Crippen molar-refractivity contribution in [3.8, 4) is 0 Å². The first kappa shape index (κ1) is 12.1. The van der Waals surface area contributed by atoms with Crippen LogP contribution in [0.3, 0.4) is 0 Å². The first-order chi connectivity index (χ1) is 9.18. The van der Waals surface area contributed by atoms with Gasteiger partial charge < -0.3 is 0 Å². The van der Waals surface area contributed by atoms with Gasteiger partial charge in [0.05, 0.1) is 17.0 Å². The highest BCUT2D eigenvalue weighted by atomic mass is 14.3. The van der Waals surface area contributed by atoms with Crippen molar-refractivity contribution in [2.24, 2.45) is 0 Å². The molecule has 19 heavy (non-hydrogen) atoms. The molecule has 0 heteroatoms. The Morgan fingerprint density at radius 1 is 0.895 bits per heavy atom. The first-order valence-electron chi connectivity index (χ1n) is 6.89. The minimum atomic E-state index is 0.476. The molecule has 0 radical (unpaired) electrons. The monoisotopic (exact) mass is 247 g/mol. The number of fused-ring (bicyclic) bond motifs is 1. The van der Waals surface area contributed by atoms with Crippen molar-refractivity contribution in [2.75, 3.05) is 0 Å². The summed E-state index contributed by atoms with van der Waals surface area (Å²) in [7, 11) is 0. The predicted octanol–water partition coefficient (Wildman–Crippen LogP) is 5.32. The van der Waals surface area contributed by atoms with Gasteiger partial charge in [0.25, 0.3) is 0 Å². The Morgan fingerprint density at radius 2 is 1.63 bits per heavy atom. The van der Waals surface area contributed by atoms with Gasteiger partial charge >= 0.3 is 0 Å². The van der Waals surface area contributed by atoms with E-state index in [1.807, 2.05) is 0 Å². The highest BCUT2D eigenvalue weighted by molar-refractivity contribution is 5.98. The van der Waals surface area contributed by atoms with Crippen LogP contribution >= 0.6 is 0 Å². The van der Waals surface area contributed by atoms with Crippen LogP contribution in [0.2, 0.25) is 0 Å². The molecule has 1 unspecified atom stereocenters. The molecular weight excluding hydrogens is 228 g/mol. The van der Waals surface area contributed by atoms with Crippen molar-refractivity contribution in [2.45, 2.75) is 26.7 Å². The van der Waals surface area contributed by atoms with Crippen molar-refractivity contribution in [1.29, 1.82) is 0 Å². The number of hydrogen-bond donors (Lipinski definition) is 0. The molecule has 0 aromatic heterocycles. The number of rotatable bonds is 1. The van der Waals surface area contributed by atoms with Crippen molar-refractivity contribution >= 4 is 11.1 Å². The molecule has 0 bridgehead atoms. The zero-order valence-corrected chi connectivity index (χ0v) is 11.8. The zero-order valence-electron chi connectivity index (χ0n) is 11.8. The SMILES string of the molecule is CC1=C(c2ccccc2)C(C)c2ccc(C)cc[c+]21. The van der Waals surface area contributed by atoms with Gasteiger partial charge in [-0.25, -0.2) is 0 Å². The number of aryl methyl sites for hydroxylation is 1. The van der Waals surface area contributed by atoms with Gasteiger partial charge in [0.1, 0.15) is 0 Å². The fourth-order valence-electron chi connectivity index (χ4n) is 3.11. The lowest BCUT2D eigenvalue weighted by molar-refractivity contribution is 1.01. The molecule has 0 amide bonds. The molecule has 2 aromatic carbocycles. The van der Waals surface area contributed by atoms with Crippen LogP contribution in [-0.2, 0) is 0 Å². The Balaban J connectivity index is 2.20. The molecular formula is C19H19+. The Labute approximate surface area is 115 Å². The second kappa shape index (κ2) is 4.62. The molecule has 0 spiro atoms. The van der Waals surface area contributed by atoms with E-state index in [1.54, 1.807) is 0 Å². The standard InChI is InChI=1S/C19H19/c1-13-9-11-17-14(2)19(15(3)18(17)12-10-13)16-7-5-4-6-8-16/h4-12,14H,1-3H3/q+1. The smallest absolute Gasteiger partial charge is 0.0622 e. The number of allylic oxidation sites excluding steroid dienone is 2. The molecule has 0 fully saturated rings. The van der Waals surface area contributed by atoms with Crippen LogP contribution in [0.4, 0.5) is 0 Å². The zero-order chi connectivity index (χ0) is 13.4. The van der Waals surface area contributed by atoms with E-state index in [2.05, 4.69) is 75.4 Å². The van der Waals surface area contributed by atoms with Gasteiger partial charge in [-0.1, -0.05) is 18.2 Å². The third-order valence-corrected chi connectivity index (χ3v) is 4.14. The Kier molecular flexibility index (Phi) is 2.94. The molecule has 1 aliphatic carbocycles. The number of benzene rings is 1. The summed E-state index contributed by atoms with van der Waals surface area (Å²) in [5, 5.41) is 0. The van der Waals surface area contributed by atoms with Crippen molar-refractivity contribution in [3.63, 3.8) is 0 Å². The van der Waals surface area contributed by atoms with E-state index in [0.717, 1.165) is 0 Å². The third-order valence-electron chi connectivity index (χ3n) is 4.14. The van der Waals surface area contributed by atoms with Crippen LogP contribution in [0.1, 0.15) is 42.0 Å². The second-order valence-electron chi connectivity index (χ2n) is 5.41. The van der Waals surface area contributed by atoms with Gasteiger partial charge in [-0.05, 0) is 44.5 Å². The maximum Gasteiger partial charge on any atom is 0.0692 e. The molecule has 1 atom stereocenters.